The third-order valence-corrected chi connectivity index (χ3v) is 6.09. The van der Waals surface area contributed by atoms with Gasteiger partial charge in [-0.05, 0) is 49.9 Å². The van der Waals surface area contributed by atoms with E-state index < -0.39 is 0 Å². The Hall–Kier alpha value is -1.14. The monoisotopic (exact) mass is 359 g/mol. The van der Waals surface area contributed by atoms with Crippen molar-refractivity contribution in [3.8, 4) is 5.75 Å². The Labute approximate surface area is 157 Å². The number of nitrogens with one attached hydrogen (secondary N) is 1. The van der Waals surface area contributed by atoms with Gasteiger partial charge in [-0.15, -0.1) is 0 Å². The summed E-state index contributed by atoms with van der Waals surface area (Å²) in [5, 5.41) is 3.58. The minimum Gasteiger partial charge on any atom is -0.494 e. The van der Waals surface area contributed by atoms with E-state index in [9.17, 15) is 0 Å². The number of hydrogen-bond acceptors (Lipinski definition) is 5. The molecule has 0 aromatic heterocycles. The Kier molecular flexibility index (Phi) is 6.44. The molecule has 5 heteroatoms. The molecule has 3 saturated heterocycles. The highest BCUT2D eigenvalue weighted by atomic mass is 16.5. The van der Waals surface area contributed by atoms with E-state index in [0.717, 1.165) is 76.8 Å². The molecule has 4 rings (SSSR count). The summed E-state index contributed by atoms with van der Waals surface area (Å²) < 4.78 is 11.3. The average Bonchev–Trinajstić information content (AvgIpc) is 2.93. The van der Waals surface area contributed by atoms with Crippen LogP contribution in [0.3, 0.4) is 0 Å². The molecule has 2 atom stereocenters. The summed E-state index contributed by atoms with van der Waals surface area (Å²) in [5.74, 6) is 0.997. The number of fused-ring (bicyclic) bond motifs is 2. The summed E-state index contributed by atoms with van der Waals surface area (Å²) in [4.78, 5) is 5.18. The molecule has 0 unspecified atom stereocenters. The SMILES string of the molecule is c1cc(OCCCN2CCOCC2)ccc1CN1[C@H]2CCNC[C@@H]1CC2. The molecule has 0 aliphatic carbocycles. The molecule has 3 heterocycles. The van der Waals surface area contributed by atoms with Gasteiger partial charge in [-0.25, -0.2) is 0 Å². The lowest BCUT2D eigenvalue weighted by Gasteiger charge is -2.27. The molecule has 1 aromatic carbocycles. The van der Waals surface area contributed by atoms with Crippen LogP contribution in [0, 0.1) is 0 Å². The topological polar surface area (TPSA) is 37.0 Å². The van der Waals surface area contributed by atoms with Crippen LogP contribution in [0.2, 0.25) is 0 Å². The summed E-state index contributed by atoms with van der Waals surface area (Å²) >= 11 is 0. The summed E-state index contributed by atoms with van der Waals surface area (Å²) in [6.45, 7) is 9.16. The smallest absolute Gasteiger partial charge is 0.119 e. The van der Waals surface area contributed by atoms with Crippen LogP contribution in [-0.2, 0) is 11.3 Å². The highest BCUT2D eigenvalue weighted by molar-refractivity contribution is 5.27. The van der Waals surface area contributed by atoms with Crippen LogP contribution in [0.1, 0.15) is 31.2 Å². The Morgan fingerprint density at radius 1 is 1.04 bits per heavy atom. The first-order valence-corrected chi connectivity index (χ1v) is 10.4. The second kappa shape index (κ2) is 9.18. The van der Waals surface area contributed by atoms with Crippen LogP contribution in [0.4, 0.5) is 0 Å². The van der Waals surface area contributed by atoms with Crippen molar-refractivity contribution in [3.63, 3.8) is 0 Å². The zero-order valence-electron chi connectivity index (χ0n) is 15.9. The second-order valence-electron chi connectivity index (χ2n) is 7.85. The molecule has 1 aromatic rings. The normalized spacial score (nSPS) is 27.4. The molecule has 26 heavy (non-hydrogen) atoms. The van der Waals surface area contributed by atoms with Crippen molar-refractivity contribution in [2.75, 3.05) is 52.5 Å². The summed E-state index contributed by atoms with van der Waals surface area (Å²) in [7, 11) is 0. The van der Waals surface area contributed by atoms with Gasteiger partial charge in [0.15, 0.2) is 0 Å². The molecule has 3 fully saturated rings. The van der Waals surface area contributed by atoms with Crippen molar-refractivity contribution in [2.24, 2.45) is 0 Å². The van der Waals surface area contributed by atoms with E-state index >= 15 is 0 Å². The number of nitrogens with zero attached hydrogens (tertiary/aromatic N) is 2. The standard InChI is InChI=1S/C21H33N3O2/c1(10-23-11-14-25-15-12-23)13-26-21-6-2-18(3-7-21)17-24-19-4-5-20(24)16-22-9-8-19/h2-3,6-7,19-20,22H,1,4-5,8-17H2/t19-,20+/m1/s1. The van der Waals surface area contributed by atoms with E-state index in [-0.39, 0.29) is 0 Å². The first-order valence-electron chi connectivity index (χ1n) is 10.4. The Morgan fingerprint density at radius 3 is 2.69 bits per heavy atom. The van der Waals surface area contributed by atoms with Crippen LogP contribution >= 0.6 is 0 Å². The maximum Gasteiger partial charge on any atom is 0.119 e. The van der Waals surface area contributed by atoms with Crippen molar-refractivity contribution < 1.29 is 9.47 Å². The molecular weight excluding hydrogens is 326 g/mol. The fourth-order valence-electron chi connectivity index (χ4n) is 4.54. The van der Waals surface area contributed by atoms with Gasteiger partial charge < -0.3 is 14.8 Å². The predicted molar refractivity (Wildman–Crippen MR) is 104 cm³/mol. The summed E-state index contributed by atoms with van der Waals surface area (Å²) in [6, 6.07) is 10.3. The maximum atomic E-state index is 5.94. The van der Waals surface area contributed by atoms with Gasteiger partial charge in [-0.3, -0.25) is 9.80 Å². The third kappa shape index (κ3) is 4.77. The van der Waals surface area contributed by atoms with E-state index in [2.05, 4.69) is 39.4 Å². The summed E-state index contributed by atoms with van der Waals surface area (Å²) in [6.07, 6.45) is 5.09. The lowest BCUT2D eigenvalue weighted by atomic mass is 10.1. The van der Waals surface area contributed by atoms with Gasteiger partial charge in [0.05, 0.1) is 19.8 Å². The zero-order valence-corrected chi connectivity index (χ0v) is 15.9. The van der Waals surface area contributed by atoms with Crippen molar-refractivity contribution in [3.05, 3.63) is 29.8 Å². The summed E-state index contributed by atoms with van der Waals surface area (Å²) in [5.41, 5.74) is 1.41. The van der Waals surface area contributed by atoms with Crippen LogP contribution in [0.5, 0.6) is 5.75 Å². The van der Waals surface area contributed by atoms with Crippen LogP contribution in [0.25, 0.3) is 0 Å². The lowest BCUT2D eigenvalue weighted by Crippen LogP contribution is -2.37. The maximum absolute atomic E-state index is 5.94. The second-order valence-corrected chi connectivity index (χ2v) is 7.85. The van der Waals surface area contributed by atoms with E-state index in [4.69, 9.17) is 9.47 Å². The molecule has 0 spiro atoms. The molecular formula is C21H33N3O2. The zero-order chi connectivity index (χ0) is 17.6. The van der Waals surface area contributed by atoms with Crippen LogP contribution < -0.4 is 10.1 Å². The average molecular weight is 360 g/mol. The molecule has 0 radical (unpaired) electrons. The molecule has 0 saturated carbocycles. The predicted octanol–water partition coefficient (Wildman–Crippen LogP) is 2.11. The Bertz CT molecular complexity index is 531. The number of benzene rings is 1. The molecule has 2 bridgehead atoms. The fourth-order valence-corrected chi connectivity index (χ4v) is 4.54. The fraction of sp³-hybridized carbons (Fsp3) is 0.714. The van der Waals surface area contributed by atoms with Gasteiger partial charge >= 0.3 is 0 Å². The van der Waals surface area contributed by atoms with E-state index in [0.29, 0.717) is 0 Å². The van der Waals surface area contributed by atoms with Crippen LogP contribution in [0.15, 0.2) is 24.3 Å². The molecule has 144 valence electrons. The lowest BCUT2D eigenvalue weighted by molar-refractivity contribution is 0.0358. The van der Waals surface area contributed by atoms with Crippen molar-refractivity contribution in [1.82, 2.24) is 15.1 Å². The van der Waals surface area contributed by atoms with Gasteiger partial charge in [-0.1, -0.05) is 12.1 Å². The van der Waals surface area contributed by atoms with E-state index in [1.54, 1.807) is 0 Å². The van der Waals surface area contributed by atoms with Crippen molar-refractivity contribution in [2.45, 2.75) is 44.3 Å². The minimum absolute atomic E-state index is 0.721. The number of morpholine rings is 1. The Morgan fingerprint density at radius 2 is 1.85 bits per heavy atom. The first kappa shape index (κ1) is 18.2. The third-order valence-electron chi connectivity index (χ3n) is 6.09. The van der Waals surface area contributed by atoms with Gasteiger partial charge in [-0.2, -0.15) is 0 Å². The van der Waals surface area contributed by atoms with Gasteiger partial charge in [0, 0.05) is 44.8 Å². The highest BCUT2D eigenvalue weighted by Gasteiger charge is 2.34. The van der Waals surface area contributed by atoms with E-state index in [1.165, 1.54) is 31.4 Å². The van der Waals surface area contributed by atoms with Crippen LogP contribution in [-0.4, -0.2) is 74.4 Å². The quantitative estimate of drug-likeness (QED) is 0.755. The molecule has 3 aliphatic rings. The van der Waals surface area contributed by atoms with Gasteiger partial charge in [0.1, 0.15) is 5.75 Å². The molecule has 3 aliphatic heterocycles. The Balaban J connectivity index is 1.21. The highest BCUT2D eigenvalue weighted by Crippen LogP contribution is 2.29. The van der Waals surface area contributed by atoms with Gasteiger partial charge in [0.2, 0.25) is 0 Å². The van der Waals surface area contributed by atoms with Crippen molar-refractivity contribution in [1.29, 1.82) is 0 Å². The molecule has 0 amide bonds. The van der Waals surface area contributed by atoms with E-state index in [1.807, 2.05) is 0 Å². The van der Waals surface area contributed by atoms with Crippen molar-refractivity contribution >= 4 is 0 Å². The first-order chi connectivity index (χ1) is 12.9. The number of ether oxygens (including phenoxy) is 2. The largest absolute Gasteiger partial charge is 0.494 e. The minimum atomic E-state index is 0.721. The number of rotatable bonds is 7. The van der Waals surface area contributed by atoms with Gasteiger partial charge in [0.25, 0.3) is 0 Å². The molecule has 5 nitrogen and oxygen atoms in total. The number of hydrogen-bond donors (Lipinski definition) is 1. The molecule has 1 N–H and O–H groups in total.